The van der Waals surface area contributed by atoms with Crippen molar-refractivity contribution in [1.29, 1.82) is 0 Å². The van der Waals surface area contributed by atoms with Crippen LogP contribution in [0.25, 0.3) is 22.2 Å². The number of hydrogen-bond donors (Lipinski definition) is 2. The van der Waals surface area contributed by atoms with Gasteiger partial charge in [-0.3, -0.25) is 0 Å². The Balaban J connectivity index is 1.45. The molecule has 1 fully saturated rings. The number of hydrogen-bond acceptors (Lipinski definition) is 3. The van der Waals surface area contributed by atoms with Crippen LogP contribution in [-0.2, 0) is 13.1 Å². The number of nitrogens with zero attached hydrogens (tertiary/aromatic N) is 1. The molecule has 2 N–H and O–H groups in total. The van der Waals surface area contributed by atoms with Crippen molar-refractivity contribution in [1.82, 2.24) is 4.57 Å². The van der Waals surface area contributed by atoms with Crippen LogP contribution in [0.2, 0.25) is 0 Å². The maximum Gasteiger partial charge on any atom is 0.406 e. The quantitative estimate of drug-likeness (QED) is 0.274. The van der Waals surface area contributed by atoms with E-state index in [0.717, 1.165) is 52.2 Å². The summed E-state index contributed by atoms with van der Waals surface area (Å²) in [6.07, 6.45) is -2.18. The Morgan fingerprint density at radius 3 is 2.34 bits per heavy atom. The molecule has 7 heteroatoms. The van der Waals surface area contributed by atoms with Crippen molar-refractivity contribution in [2.24, 2.45) is 0 Å². The van der Waals surface area contributed by atoms with E-state index in [4.69, 9.17) is 0 Å². The van der Waals surface area contributed by atoms with E-state index in [9.17, 15) is 13.2 Å². The van der Waals surface area contributed by atoms with Crippen molar-refractivity contribution in [2.45, 2.75) is 38.1 Å². The molecule has 3 aromatic carbocycles. The number of alkyl halides is 3. The van der Waals surface area contributed by atoms with Gasteiger partial charge < -0.3 is 15.2 Å². The van der Waals surface area contributed by atoms with Crippen molar-refractivity contribution in [3.8, 4) is 11.3 Å². The maximum absolute atomic E-state index is 13.6. The highest BCUT2D eigenvalue weighted by Crippen LogP contribution is 2.36. The Hall–Kier alpha value is -3.06. The summed E-state index contributed by atoms with van der Waals surface area (Å²) in [5, 5.41) is 7.80. The lowest BCUT2D eigenvalue weighted by Gasteiger charge is -2.24. The molecule has 0 aliphatic carbocycles. The van der Waals surface area contributed by atoms with E-state index in [-0.39, 0.29) is 0 Å². The molecule has 0 amide bonds. The van der Waals surface area contributed by atoms with Crippen LogP contribution < -0.4 is 10.6 Å². The molecule has 5 rings (SSSR count). The molecule has 1 aliphatic rings. The summed E-state index contributed by atoms with van der Waals surface area (Å²) in [6, 6.07) is 25.5. The number of halogens is 3. The van der Waals surface area contributed by atoms with E-state index in [1.165, 1.54) is 4.57 Å². The summed E-state index contributed by atoms with van der Waals surface area (Å²) in [5.74, 6) is 2.22. The number of fused-ring (bicyclic) bond motifs is 1. The lowest BCUT2D eigenvalue weighted by atomic mass is 10.1. The van der Waals surface area contributed by atoms with Crippen LogP contribution in [0.4, 0.5) is 24.5 Å². The Bertz CT molecular complexity index is 1260. The average Bonchev–Trinajstić information content (AvgIpc) is 3.22. The lowest BCUT2D eigenvalue weighted by molar-refractivity contribution is -0.139. The van der Waals surface area contributed by atoms with Crippen LogP contribution >= 0.6 is 11.8 Å². The van der Waals surface area contributed by atoms with Crippen LogP contribution in [0.1, 0.15) is 18.4 Å². The first-order chi connectivity index (χ1) is 17.0. The van der Waals surface area contributed by atoms with E-state index in [2.05, 4.69) is 10.6 Å². The molecule has 0 saturated carbocycles. The van der Waals surface area contributed by atoms with E-state index >= 15 is 0 Å². The molecule has 0 bridgehead atoms. The molecule has 0 unspecified atom stereocenters. The number of anilines is 2. The van der Waals surface area contributed by atoms with Crippen LogP contribution in [0.3, 0.4) is 0 Å². The van der Waals surface area contributed by atoms with E-state index in [1.807, 2.05) is 84.6 Å². The monoisotopic (exact) mass is 495 g/mol. The minimum atomic E-state index is -4.32. The fourth-order valence-electron chi connectivity index (χ4n) is 4.61. The smallest absolute Gasteiger partial charge is 0.382 e. The van der Waals surface area contributed by atoms with Gasteiger partial charge in [0.1, 0.15) is 6.54 Å². The zero-order valence-corrected chi connectivity index (χ0v) is 20.1. The summed E-state index contributed by atoms with van der Waals surface area (Å²) in [6.45, 7) is -0.379. The first-order valence-corrected chi connectivity index (χ1v) is 13.0. The van der Waals surface area contributed by atoms with Gasteiger partial charge in [-0.2, -0.15) is 24.9 Å². The highest BCUT2D eigenvalue weighted by molar-refractivity contribution is 7.99. The highest BCUT2D eigenvalue weighted by atomic mass is 32.2. The Kier molecular flexibility index (Phi) is 6.95. The highest BCUT2D eigenvalue weighted by Gasteiger charge is 2.30. The van der Waals surface area contributed by atoms with Crippen molar-refractivity contribution in [3.63, 3.8) is 0 Å². The third kappa shape index (κ3) is 5.78. The summed E-state index contributed by atoms with van der Waals surface area (Å²) < 4.78 is 42.2. The fourth-order valence-corrected chi connectivity index (χ4v) is 5.72. The van der Waals surface area contributed by atoms with Gasteiger partial charge in [-0.05, 0) is 65.8 Å². The predicted molar refractivity (Wildman–Crippen MR) is 141 cm³/mol. The van der Waals surface area contributed by atoms with Gasteiger partial charge in [0.15, 0.2) is 0 Å². The van der Waals surface area contributed by atoms with E-state index in [0.29, 0.717) is 23.8 Å². The fraction of sp³-hybridized carbons (Fsp3) is 0.286. The van der Waals surface area contributed by atoms with Crippen molar-refractivity contribution in [2.75, 3.05) is 22.1 Å². The Morgan fingerprint density at radius 1 is 0.886 bits per heavy atom. The van der Waals surface area contributed by atoms with Crippen LogP contribution in [-0.4, -0.2) is 28.3 Å². The van der Waals surface area contributed by atoms with Crippen molar-refractivity contribution in [3.05, 3.63) is 84.4 Å². The number of aromatic nitrogens is 1. The van der Waals surface area contributed by atoms with Gasteiger partial charge in [0.05, 0.1) is 5.52 Å². The first kappa shape index (κ1) is 23.7. The van der Waals surface area contributed by atoms with Gasteiger partial charge >= 0.3 is 6.18 Å². The molecule has 1 aromatic heterocycles. The SMILES string of the molecule is FC(F)(F)Cn1c(-c2ccc(CNc3ccccc3)cc2)cc2c(NC3CCSCC3)cccc21. The molecule has 182 valence electrons. The molecule has 0 atom stereocenters. The Morgan fingerprint density at radius 2 is 1.63 bits per heavy atom. The topological polar surface area (TPSA) is 29.0 Å². The molecule has 3 nitrogen and oxygen atoms in total. The number of para-hydroxylation sites is 1. The molecular weight excluding hydrogens is 467 g/mol. The second-order valence-corrected chi connectivity index (χ2v) is 10.1. The molecule has 35 heavy (non-hydrogen) atoms. The second kappa shape index (κ2) is 10.3. The van der Waals surface area contributed by atoms with Gasteiger partial charge in [0.25, 0.3) is 0 Å². The number of nitrogens with one attached hydrogen (secondary N) is 2. The van der Waals surface area contributed by atoms with Gasteiger partial charge in [-0.1, -0.05) is 48.5 Å². The minimum Gasteiger partial charge on any atom is -0.382 e. The molecule has 0 spiro atoms. The van der Waals surface area contributed by atoms with Crippen molar-refractivity contribution >= 4 is 34.0 Å². The summed E-state index contributed by atoms with van der Waals surface area (Å²) in [5.41, 5.74) is 4.95. The van der Waals surface area contributed by atoms with E-state index < -0.39 is 12.7 Å². The molecule has 1 aliphatic heterocycles. The normalized spacial score (nSPS) is 14.8. The van der Waals surface area contributed by atoms with Crippen LogP contribution in [0.5, 0.6) is 0 Å². The third-order valence-corrected chi connectivity index (χ3v) is 7.43. The average molecular weight is 496 g/mol. The van der Waals surface area contributed by atoms with Gasteiger partial charge in [0.2, 0.25) is 0 Å². The number of benzene rings is 3. The third-order valence-electron chi connectivity index (χ3n) is 6.38. The molecule has 0 radical (unpaired) electrons. The predicted octanol–water partition coefficient (Wildman–Crippen LogP) is 7.79. The first-order valence-electron chi connectivity index (χ1n) is 11.9. The summed E-state index contributed by atoms with van der Waals surface area (Å²) >= 11 is 1.95. The zero-order valence-electron chi connectivity index (χ0n) is 19.3. The minimum absolute atomic E-state index is 0.354. The standard InChI is InChI=1S/C28H28F3N3S/c29-28(30,31)19-34-26-8-4-7-25(33-23-13-15-35-16-14-23)24(26)17-27(34)21-11-9-20(10-12-21)18-32-22-5-2-1-3-6-22/h1-12,17,23,32-33H,13-16,18-19H2. The number of rotatable bonds is 7. The largest absolute Gasteiger partial charge is 0.406 e. The maximum atomic E-state index is 13.6. The summed E-state index contributed by atoms with van der Waals surface area (Å²) in [4.78, 5) is 0. The second-order valence-electron chi connectivity index (χ2n) is 8.92. The van der Waals surface area contributed by atoms with Gasteiger partial charge in [-0.25, -0.2) is 0 Å². The van der Waals surface area contributed by atoms with Gasteiger partial charge in [-0.15, -0.1) is 0 Å². The number of thioether (sulfide) groups is 1. The van der Waals surface area contributed by atoms with Crippen LogP contribution in [0, 0.1) is 0 Å². The summed E-state index contributed by atoms with van der Waals surface area (Å²) in [7, 11) is 0. The van der Waals surface area contributed by atoms with E-state index in [1.54, 1.807) is 6.07 Å². The molecule has 4 aromatic rings. The zero-order chi connectivity index (χ0) is 24.3. The molecule has 2 heterocycles. The van der Waals surface area contributed by atoms with Crippen LogP contribution in [0.15, 0.2) is 78.9 Å². The molecular formula is C28H28F3N3S. The lowest BCUT2D eigenvalue weighted by Crippen LogP contribution is -2.24. The van der Waals surface area contributed by atoms with Gasteiger partial charge in [0, 0.05) is 35.0 Å². The Labute approximate surface area is 207 Å². The van der Waals surface area contributed by atoms with Crippen molar-refractivity contribution < 1.29 is 13.2 Å². The molecule has 1 saturated heterocycles.